The van der Waals surface area contributed by atoms with Gasteiger partial charge in [-0.1, -0.05) is 58.0 Å². The van der Waals surface area contributed by atoms with Crippen LogP contribution in [0.1, 0.15) is 56.2 Å². The first-order chi connectivity index (χ1) is 16.3. The molecule has 0 N–H and O–H groups in total. The van der Waals surface area contributed by atoms with Crippen LogP contribution in [-0.4, -0.2) is 0 Å². The predicted octanol–water partition coefficient (Wildman–Crippen LogP) is 8.44. The summed E-state index contributed by atoms with van der Waals surface area (Å²) < 4.78 is 23.7. The van der Waals surface area contributed by atoms with E-state index in [2.05, 4.69) is 55.1 Å². The third-order valence-electron chi connectivity index (χ3n) is 6.87. The maximum atomic E-state index is 15.2. The van der Waals surface area contributed by atoms with Gasteiger partial charge in [-0.25, -0.2) is 8.96 Å². The molecule has 0 atom stereocenters. The van der Waals surface area contributed by atoms with Crippen LogP contribution in [0.2, 0.25) is 0 Å². The lowest BCUT2D eigenvalue weighted by atomic mass is 9.89. The lowest BCUT2D eigenvalue weighted by Gasteiger charge is -2.17. The summed E-state index contributed by atoms with van der Waals surface area (Å²) in [7, 11) is 2.06. The molecule has 0 saturated carbocycles. The zero-order valence-corrected chi connectivity index (χ0v) is 20.7. The van der Waals surface area contributed by atoms with Gasteiger partial charge in [0, 0.05) is 22.9 Å². The molecular weight excluding hydrogens is 421 g/mol. The van der Waals surface area contributed by atoms with Gasteiger partial charge < -0.3 is 4.42 Å². The van der Waals surface area contributed by atoms with E-state index in [1.165, 1.54) is 0 Å². The van der Waals surface area contributed by atoms with Crippen molar-refractivity contribution >= 4 is 21.9 Å². The SMILES string of the molecule is Cc1ccc2c(oc3ccccc32)c1-c1cc(-c2cc(C(C)C)c(F)c(C(C)C)c2)cc[n+]1C. The highest BCUT2D eigenvalue weighted by atomic mass is 19.1. The molecule has 0 aliphatic rings. The van der Waals surface area contributed by atoms with Gasteiger partial charge in [0.15, 0.2) is 6.20 Å². The molecule has 0 fully saturated rings. The van der Waals surface area contributed by atoms with Gasteiger partial charge in [0.1, 0.15) is 24.0 Å². The maximum absolute atomic E-state index is 15.2. The van der Waals surface area contributed by atoms with E-state index in [0.29, 0.717) is 0 Å². The summed E-state index contributed by atoms with van der Waals surface area (Å²) in [6, 6.07) is 20.8. The summed E-state index contributed by atoms with van der Waals surface area (Å²) in [6.45, 7) is 10.3. The molecule has 0 spiro atoms. The van der Waals surface area contributed by atoms with E-state index in [1.54, 1.807) is 0 Å². The molecule has 3 heteroatoms. The fraction of sp³-hybridized carbons (Fsp3) is 0.258. The first kappa shape index (κ1) is 22.3. The lowest BCUT2D eigenvalue weighted by molar-refractivity contribution is -0.660. The zero-order valence-electron chi connectivity index (χ0n) is 20.7. The molecule has 172 valence electrons. The van der Waals surface area contributed by atoms with E-state index in [4.69, 9.17) is 4.42 Å². The van der Waals surface area contributed by atoms with Crippen molar-refractivity contribution in [1.29, 1.82) is 0 Å². The van der Waals surface area contributed by atoms with E-state index >= 15 is 4.39 Å². The van der Waals surface area contributed by atoms with Gasteiger partial charge >= 0.3 is 0 Å². The van der Waals surface area contributed by atoms with Crippen molar-refractivity contribution in [2.75, 3.05) is 0 Å². The molecule has 0 unspecified atom stereocenters. The summed E-state index contributed by atoms with van der Waals surface area (Å²) in [6.07, 6.45) is 2.08. The number of benzene rings is 3. The van der Waals surface area contributed by atoms with E-state index in [-0.39, 0.29) is 17.7 Å². The second kappa shape index (κ2) is 8.39. The molecule has 0 radical (unpaired) electrons. The number of aryl methyl sites for hydroxylation is 2. The topological polar surface area (TPSA) is 17.0 Å². The Balaban J connectivity index is 1.76. The molecule has 2 heterocycles. The number of hydrogen-bond donors (Lipinski definition) is 0. The number of hydrogen-bond acceptors (Lipinski definition) is 1. The number of furan rings is 1. The third-order valence-corrected chi connectivity index (χ3v) is 6.87. The Morgan fingerprint density at radius 1 is 0.794 bits per heavy atom. The highest BCUT2D eigenvalue weighted by molar-refractivity contribution is 6.09. The monoisotopic (exact) mass is 452 g/mol. The van der Waals surface area contributed by atoms with Crippen LogP contribution in [0.3, 0.4) is 0 Å². The number of halogens is 1. The Hall–Kier alpha value is -3.46. The average Bonchev–Trinajstić information content (AvgIpc) is 3.18. The second-order valence-corrected chi connectivity index (χ2v) is 9.92. The molecule has 0 amide bonds. The summed E-state index contributed by atoms with van der Waals surface area (Å²) in [4.78, 5) is 0. The highest BCUT2D eigenvalue weighted by Gasteiger charge is 2.22. The van der Waals surface area contributed by atoms with Crippen LogP contribution in [0.15, 0.2) is 71.3 Å². The van der Waals surface area contributed by atoms with Crippen molar-refractivity contribution in [2.45, 2.75) is 46.5 Å². The molecular formula is C31H31FNO+. The van der Waals surface area contributed by atoms with Gasteiger partial charge in [0.05, 0.1) is 5.56 Å². The third kappa shape index (κ3) is 3.60. The molecule has 0 saturated heterocycles. The van der Waals surface area contributed by atoms with Crippen molar-refractivity contribution < 1.29 is 13.4 Å². The van der Waals surface area contributed by atoms with Gasteiger partial charge in [-0.05, 0) is 64.8 Å². The van der Waals surface area contributed by atoms with Crippen LogP contribution in [0.4, 0.5) is 4.39 Å². The number of nitrogens with zero attached hydrogens (tertiary/aromatic N) is 1. The molecule has 2 aromatic heterocycles. The molecule has 2 nitrogen and oxygen atoms in total. The molecule has 0 bridgehead atoms. The molecule has 0 aliphatic carbocycles. The minimum absolute atomic E-state index is 0.0710. The van der Waals surface area contributed by atoms with Crippen molar-refractivity contribution in [1.82, 2.24) is 0 Å². The number of para-hydroxylation sites is 1. The van der Waals surface area contributed by atoms with Crippen LogP contribution in [-0.2, 0) is 7.05 Å². The minimum Gasteiger partial charge on any atom is -0.455 e. The van der Waals surface area contributed by atoms with E-state index in [9.17, 15) is 0 Å². The Morgan fingerprint density at radius 2 is 1.47 bits per heavy atom. The molecule has 0 aliphatic heterocycles. The van der Waals surface area contributed by atoms with Crippen LogP contribution in [0.25, 0.3) is 44.3 Å². The van der Waals surface area contributed by atoms with Gasteiger partial charge in [0.25, 0.3) is 0 Å². The quantitative estimate of drug-likeness (QED) is 0.250. The Bertz CT molecular complexity index is 1510. The van der Waals surface area contributed by atoms with Crippen LogP contribution in [0.5, 0.6) is 0 Å². The van der Waals surface area contributed by atoms with E-state index < -0.39 is 0 Å². The van der Waals surface area contributed by atoms with Crippen molar-refractivity contribution in [2.24, 2.45) is 7.05 Å². The van der Waals surface area contributed by atoms with Crippen molar-refractivity contribution in [3.63, 3.8) is 0 Å². The highest BCUT2D eigenvalue weighted by Crippen LogP contribution is 2.38. The zero-order chi connectivity index (χ0) is 24.1. The number of aromatic nitrogens is 1. The summed E-state index contributed by atoms with van der Waals surface area (Å²) >= 11 is 0. The largest absolute Gasteiger partial charge is 0.455 e. The fourth-order valence-electron chi connectivity index (χ4n) is 4.88. The Labute approximate surface area is 200 Å². The Kier molecular flexibility index (Phi) is 5.51. The first-order valence-corrected chi connectivity index (χ1v) is 12.0. The van der Waals surface area contributed by atoms with Crippen molar-refractivity contribution in [3.8, 4) is 22.4 Å². The van der Waals surface area contributed by atoms with Crippen LogP contribution >= 0.6 is 0 Å². The van der Waals surface area contributed by atoms with Gasteiger partial charge in [0.2, 0.25) is 5.69 Å². The van der Waals surface area contributed by atoms with Gasteiger partial charge in [-0.2, -0.15) is 0 Å². The standard InChI is InChI=1S/C31H31FNO/c1-18(2)25-15-22(16-26(19(3)4)30(25)32)21-13-14-33(6)27(17-21)29-20(5)11-12-24-23-9-7-8-10-28(23)34-31(24)29/h7-19H,1-6H3/q+1. The Morgan fingerprint density at radius 3 is 2.15 bits per heavy atom. The van der Waals surface area contributed by atoms with Crippen LogP contribution < -0.4 is 4.57 Å². The lowest BCUT2D eigenvalue weighted by Crippen LogP contribution is -2.30. The predicted molar refractivity (Wildman–Crippen MR) is 139 cm³/mol. The molecule has 3 aromatic carbocycles. The second-order valence-electron chi connectivity index (χ2n) is 9.92. The number of rotatable bonds is 4. The van der Waals surface area contributed by atoms with E-state index in [1.807, 2.05) is 58.0 Å². The summed E-state index contributed by atoms with van der Waals surface area (Å²) in [5.74, 6) is 0.157. The first-order valence-electron chi connectivity index (χ1n) is 12.0. The summed E-state index contributed by atoms with van der Waals surface area (Å²) in [5.41, 5.74) is 8.77. The molecule has 5 rings (SSSR count). The van der Waals surface area contributed by atoms with E-state index in [0.717, 1.165) is 61.0 Å². The smallest absolute Gasteiger partial charge is 0.216 e. The fourth-order valence-corrected chi connectivity index (χ4v) is 4.88. The molecule has 5 aromatic rings. The number of fused-ring (bicyclic) bond motifs is 3. The summed E-state index contributed by atoms with van der Waals surface area (Å²) in [5, 5.41) is 2.24. The minimum atomic E-state index is -0.0710. The van der Waals surface area contributed by atoms with Gasteiger partial charge in [-0.3, -0.25) is 0 Å². The molecule has 34 heavy (non-hydrogen) atoms. The number of pyridine rings is 1. The van der Waals surface area contributed by atoms with Crippen molar-refractivity contribution in [3.05, 3.63) is 89.4 Å². The normalized spacial score (nSPS) is 11.9. The van der Waals surface area contributed by atoms with Gasteiger partial charge in [-0.15, -0.1) is 0 Å². The van der Waals surface area contributed by atoms with Crippen LogP contribution in [0, 0.1) is 12.7 Å². The maximum Gasteiger partial charge on any atom is 0.216 e. The average molecular weight is 453 g/mol.